The maximum Gasteiger partial charge on any atom is 0.319 e. The normalized spacial score (nSPS) is 11.4. The first-order valence-electron chi connectivity index (χ1n) is 5.62. The summed E-state index contributed by atoms with van der Waals surface area (Å²) < 4.78 is 13.8. The molecule has 0 spiro atoms. The van der Waals surface area contributed by atoms with Crippen molar-refractivity contribution in [1.82, 2.24) is 9.97 Å². The van der Waals surface area contributed by atoms with Gasteiger partial charge in [0.1, 0.15) is 6.61 Å². The van der Waals surface area contributed by atoms with Gasteiger partial charge < -0.3 is 9.47 Å². The SMILES string of the molecule is CCCCSC(OCC#CI)Oc1ncccn1. The van der Waals surface area contributed by atoms with Crippen LogP contribution in [0.4, 0.5) is 0 Å². The van der Waals surface area contributed by atoms with Gasteiger partial charge in [-0.3, -0.25) is 0 Å². The minimum Gasteiger partial charge on any atom is -0.424 e. The van der Waals surface area contributed by atoms with Gasteiger partial charge >= 0.3 is 6.01 Å². The summed E-state index contributed by atoms with van der Waals surface area (Å²) in [6.07, 6.45) is 5.55. The third-order valence-corrected chi connectivity index (χ3v) is 3.26. The summed E-state index contributed by atoms with van der Waals surface area (Å²) in [4.78, 5) is 8.02. The Balaban J connectivity index is 2.44. The second kappa shape index (κ2) is 10.4. The fourth-order valence-corrected chi connectivity index (χ4v) is 2.13. The Hall–Kier alpha value is -0.520. The first-order chi connectivity index (χ1) is 8.86. The number of nitrogens with zero attached hydrogens (tertiary/aromatic N) is 2. The van der Waals surface area contributed by atoms with E-state index in [0.717, 1.165) is 18.6 Å². The highest BCUT2D eigenvalue weighted by Crippen LogP contribution is 2.17. The van der Waals surface area contributed by atoms with Gasteiger partial charge in [0.05, 0.1) is 0 Å². The molecule has 4 nitrogen and oxygen atoms in total. The van der Waals surface area contributed by atoms with Crippen LogP contribution in [0.2, 0.25) is 0 Å². The highest BCUT2D eigenvalue weighted by molar-refractivity contribution is 14.1. The Kier molecular flexibility index (Phi) is 8.98. The van der Waals surface area contributed by atoms with Crippen molar-refractivity contribution in [2.75, 3.05) is 12.4 Å². The Morgan fingerprint density at radius 3 is 2.89 bits per heavy atom. The van der Waals surface area contributed by atoms with Crippen molar-refractivity contribution in [3.63, 3.8) is 0 Å². The second-order valence-corrected chi connectivity index (χ2v) is 4.91. The van der Waals surface area contributed by atoms with Crippen molar-refractivity contribution in [3.8, 4) is 15.9 Å². The summed E-state index contributed by atoms with van der Waals surface area (Å²) in [5.41, 5.74) is -0.406. The van der Waals surface area contributed by atoms with E-state index in [2.05, 4.69) is 26.7 Å². The standard InChI is InChI=1S/C12H15IN2O2S/c1-2-3-10-18-12(16-9-4-6-13)17-11-14-7-5-8-15-11/h5,7-8,12H,2-3,9-10H2,1H3. The van der Waals surface area contributed by atoms with Crippen LogP contribution in [0.5, 0.6) is 6.01 Å². The molecular weight excluding hydrogens is 363 g/mol. The van der Waals surface area contributed by atoms with E-state index >= 15 is 0 Å². The number of unbranched alkanes of at least 4 members (excludes halogenated alkanes) is 1. The van der Waals surface area contributed by atoms with Crippen molar-refractivity contribution in [3.05, 3.63) is 18.5 Å². The maximum absolute atomic E-state index is 5.56. The molecule has 98 valence electrons. The summed E-state index contributed by atoms with van der Waals surface area (Å²) in [6, 6.07) is 2.07. The van der Waals surface area contributed by atoms with Crippen molar-refractivity contribution >= 4 is 34.4 Å². The van der Waals surface area contributed by atoms with Crippen molar-refractivity contribution in [2.24, 2.45) is 0 Å². The van der Waals surface area contributed by atoms with E-state index in [9.17, 15) is 0 Å². The molecular formula is C12H15IN2O2S. The van der Waals surface area contributed by atoms with Gasteiger partial charge in [-0.05, 0) is 22.2 Å². The molecule has 0 aliphatic rings. The lowest BCUT2D eigenvalue weighted by atomic mass is 10.4. The largest absolute Gasteiger partial charge is 0.424 e. The number of ether oxygens (including phenoxy) is 2. The fraction of sp³-hybridized carbons (Fsp3) is 0.500. The van der Waals surface area contributed by atoms with E-state index < -0.39 is 5.62 Å². The summed E-state index contributed by atoms with van der Waals surface area (Å²) in [7, 11) is 0. The van der Waals surface area contributed by atoms with Gasteiger partial charge in [0, 0.05) is 35.0 Å². The zero-order valence-electron chi connectivity index (χ0n) is 10.1. The van der Waals surface area contributed by atoms with Gasteiger partial charge in [-0.25, -0.2) is 9.97 Å². The average Bonchev–Trinajstić information content (AvgIpc) is 2.40. The zero-order chi connectivity index (χ0) is 13.1. The molecule has 0 aromatic carbocycles. The molecule has 6 heteroatoms. The Morgan fingerprint density at radius 1 is 1.44 bits per heavy atom. The van der Waals surface area contributed by atoms with Crippen LogP contribution in [0.1, 0.15) is 19.8 Å². The Labute approximate surface area is 125 Å². The molecule has 1 heterocycles. The molecule has 0 radical (unpaired) electrons. The molecule has 1 rings (SSSR count). The lowest BCUT2D eigenvalue weighted by Gasteiger charge is -2.16. The van der Waals surface area contributed by atoms with Crippen molar-refractivity contribution in [2.45, 2.75) is 25.4 Å². The van der Waals surface area contributed by atoms with Crippen LogP contribution < -0.4 is 4.74 Å². The van der Waals surface area contributed by atoms with Gasteiger partial charge in [0.25, 0.3) is 5.62 Å². The molecule has 1 aromatic rings. The third kappa shape index (κ3) is 7.03. The van der Waals surface area contributed by atoms with Gasteiger partial charge in [-0.15, -0.1) is 0 Å². The summed E-state index contributed by atoms with van der Waals surface area (Å²) >= 11 is 3.58. The predicted octanol–water partition coefficient (Wildman–Crippen LogP) is 3.08. The van der Waals surface area contributed by atoms with E-state index in [0.29, 0.717) is 12.6 Å². The smallest absolute Gasteiger partial charge is 0.319 e. The molecule has 0 bridgehead atoms. The van der Waals surface area contributed by atoms with Gasteiger partial charge in [0.2, 0.25) is 0 Å². The lowest BCUT2D eigenvalue weighted by molar-refractivity contribution is -0.00407. The first kappa shape index (κ1) is 15.5. The van der Waals surface area contributed by atoms with Crippen LogP contribution in [0.25, 0.3) is 0 Å². The molecule has 18 heavy (non-hydrogen) atoms. The molecule has 0 amide bonds. The van der Waals surface area contributed by atoms with Crippen molar-refractivity contribution in [1.29, 1.82) is 0 Å². The highest BCUT2D eigenvalue weighted by Gasteiger charge is 2.12. The number of hydrogen-bond acceptors (Lipinski definition) is 5. The van der Waals surface area contributed by atoms with E-state index in [1.807, 2.05) is 22.6 Å². The fourth-order valence-electron chi connectivity index (χ4n) is 1.01. The van der Waals surface area contributed by atoms with E-state index in [1.54, 1.807) is 30.2 Å². The molecule has 0 aliphatic carbocycles. The molecule has 0 N–H and O–H groups in total. The maximum atomic E-state index is 5.56. The minimum atomic E-state index is -0.406. The van der Waals surface area contributed by atoms with E-state index in [-0.39, 0.29) is 0 Å². The van der Waals surface area contributed by atoms with Crippen LogP contribution in [0.15, 0.2) is 18.5 Å². The topological polar surface area (TPSA) is 44.2 Å². The molecule has 1 unspecified atom stereocenters. The van der Waals surface area contributed by atoms with Gasteiger partial charge in [-0.1, -0.05) is 31.0 Å². The molecule has 1 atom stereocenters. The van der Waals surface area contributed by atoms with E-state index in [1.165, 1.54) is 0 Å². The Bertz CT molecular complexity index is 381. The van der Waals surface area contributed by atoms with Crippen LogP contribution >= 0.6 is 34.4 Å². The number of aromatic nitrogens is 2. The monoisotopic (exact) mass is 378 g/mol. The van der Waals surface area contributed by atoms with Crippen LogP contribution in [-0.2, 0) is 4.74 Å². The Morgan fingerprint density at radius 2 is 2.22 bits per heavy atom. The van der Waals surface area contributed by atoms with Crippen LogP contribution in [-0.4, -0.2) is 27.9 Å². The lowest BCUT2D eigenvalue weighted by Crippen LogP contribution is -2.18. The number of hydrogen-bond donors (Lipinski definition) is 0. The number of thioether (sulfide) groups is 1. The first-order valence-corrected chi connectivity index (χ1v) is 7.75. The zero-order valence-corrected chi connectivity index (χ0v) is 13.1. The quantitative estimate of drug-likeness (QED) is 0.301. The molecule has 0 fully saturated rings. The van der Waals surface area contributed by atoms with Crippen molar-refractivity contribution < 1.29 is 9.47 Å². The highest BCUT2D eigenvalue weighted by atomic mass is 127. The summed E-state index contributed by atoms with van der Waals surface area (Å²) in [6.45, 7) is 2.50. The molecule has 0 saturated heterocycles. The van der Waals surface area contributed by atoms with E-state index in [4.69, 9.17) is 9.47 Å². The van der Waals surface area contributed by atoms with Gasteiger partial charge in [0.15, 0.2) is 0 Å². The minimum absolute atomic E-state index is 0.328. The second-order valence-electron chi connectivity index (χ2n) is 3.24. The molecule has 0 saturated carbocycles. The number of rotatable bonds is 8. The summed E-state index contributed by atoms with van der Waals surface area (Å²) in [5, 5.41) is 0. The average molecular weight is 378 g/mol. The predicted molar refractivity (Wildman–Crippen MR) is 81.6 cm³/mol. The van der Waals surface area contributed by atoms with Gasteiger partial charge in [-0.2, -0.15) is 0 Å². The number of halogens is 1. The third-order valence-electron chi connectivity index (χ3n) is 1.85. The van der Waals surface area contributed by atoms with Crippen LogP contribution in [0, 0.1) is 9.85 Å². The molecule has 0 aliphatic heterocycles. The summed E-state index contributed by atoms with van der Waals surface area (Å²) in [5.74, 6) is 3.81. The molecule has 1 aromatic heterocycles. The van der Waals surface area contributed by atoms with Crippen LogP contribution in [0.3, 0.4) is 0 Å².